The zero-order valence-corrected chi connectivity index (χ0v) is 25.0. The monoisotopic (exact) mass is 579 g/mol. The predicted octanol–water partition coefficient (Wildman–Crippen LogP) is 2.51. The number of alkyl carbamates (subject to hydrolysis) is 1. The Balaban J connectivity index is 2.53. The molecular formula is C29H57NO10. The Labute approximate surface area is 240 Å². The van der Waals surface area contributed by atoms with E-state index in [9.17, 15) is 35.4 Å². The molecule has 8 atom stereocenters. The maximum absolute atomic E-state index is 12.4. The van der Waals surface area contributed by atoms with Crippen LogP contribution in [0.3, 0.4) is 0 Å². The molecule has 0 spiro atoms. The number of rotatable bonds is 20. The SMILES string of the molecule is CCCCCCCCCCCCCC[C@@H](O)[C@@H](O)[C@H](CO[C@H]1O[C@H](CO)[C@H](O)[C@H](O)[C@H]1O)NC(=O)OC(C)(C)C. The Morgan fingerprint density at radius 1 is 0.850 bits per heavy atom. The summed E-state index contributed by atoms with van der Waals surface area (Å²) in [5.41, 5.74) is -0.800. The molecule has 0 aromatic carbocycles. The first-order chi connectivity index (χ1) is 18.9. The van der Waals surface area contributed by atoms with E-state index in [1.54, 1.807) is 20.8 Å². The number of nitrogens with one attached hydrogen (secondary N) is 1. The van der Waals surface area contributed by atoms with Gasteiger partial charge in [-0.25, -0.2) is 4.79 Å². The highest BCUT2D eigenvalue weighted by Gasteiger charge is 2.44. The quantitative estimate of drug-likeness (QED) is 0.106. The Morgan fingerprint density at radius 2 is 1.38 bits per heavy atom. The summed E-state index contributed by atoms with van der Waals surface area (Å²) < 4.78 is 16.1. The minimum Gasteiger partial charge on any atom is -0.444 e. The number of amides is 1. The lowest BCUT2D eigenvalue weighted by Gasteiger charge is -2.40. The van der Waals surface area contributed by atoms with E-state index in [-0.39, 0.29) is 0 Å². The van der Waals surface area contributed by atoms with E-state index in [4.69, 9.17) is 14.2 Å². The normalized spacial score (nSPS) is 25.8. The second-order valence-electron chi connectivity index (χ2n) is 12.0. The summed E-state index contributed by atoms with van der Waals surface area (Å²) in [6.45, 7) is 6.26. The van der Waals surface area contributed by atoms with Crippen molar-refractivity contribution in [3.05, 3.63) is 0 Å². The van der Waals surface area contributed by atoms with Crippen LogP contribution < -0.4 is 5.32 Å². The summed E-state index contributed by atoms with van der Waals surface area (Å²) in [5.74, 6) is 0. The number of hydrogen-bond donors (Lipinski definition) is 7. The Morgan fingerprint density at radius 3 is 1.88 bits per heavy atom. The van der Waals surface area contributed by atoms with Crippen LogP contribution >= 0.6 is 0 Å². The molecule has 11 nitrogen and oxygen atoms in total. The third-order valence-electron chi connectivity index (χ3n) is 7.15. The van der Waals surface area contributed by atoms with Crippen LogP contribution in [0.1, 0.15) is 111 Å². The molecule has 11 heteroatoms. The van der Waals surface area contributed by atoms with Gasteiger partial charge < -0.3 is 50.2 Å². The fourth-order valence-electron chi connectivity index (χ4n) is 4.72. The summed E-state index contributed by atoms with van der Waals surface area (Å²) in [4.78, 5) is 12.4. The number of aliphatic hydroxyl groups is 6. The van der Waals surface area contributed by atoms with Crippen molar-refractivity contribution in [1.82, 2.24) is 5.32 Å². The van der Waals surface area contributed by atoms with E-state index in [0.29, 0.717) is 12.8 Å². The smallest absolute Gasteiger partial charge is 0.408 e. The van der Waals surface area contributed by atoms with Crippen molar-refractivity contribution in [2.45, 2.75) is 166 Å². The van der Waals surface area contributed by atoms with Gasteiger partial charge in [0.05, 0.1) is 25.4 Å². The van der Waals surface area contributed by atoms with Gasteiger partial charge in [0.2, 0.25) is 0 Å². The van der Waals surface area contributed by atoms with Crippen LogP contribution in [0.15, 0.2) is 0 Å². The van der Waals surface area contributed by atoms with Crippen LogP contribution in [0.25, 0.3) is 0 Å². The van der Waals surface area contributed by atoms with Crippen molar-refractivity contribution in [2.75, 3.05) is 13.2 Å². The Hall–Kier alpha value is -1.05. The van der Waals surface area contributed by atoms with Gasteiger partial charge in [-0.15, -0.1) is 0 Å². The molecule has 0 saturated carbocycles. The molecule has 1 fully saturated rings. The molecule has 0 bridgehead atoms. The molecule has 1 rings (SSSR count). The van der Waals surface area contributed by atoms with E-state index in [2.05, 4.69) is 12.2 Å². The number of hydrogen-bond acceptors (Lipinski definition) is 10. The van der Waals surface area contributed by atoms with Crippen LogP contribution in [0.5, 0.6) is 0 Å². The molecule has 1 aliphatic heterocycles. The summed E-state index contributed by atoms with van der Waals surface area (Å²) in [5, 5.41) is 63.6. The van der Waals surface area contributed by atoms with Gasteiger partial charge in [-0.3, -0.25) is 0 Å². The molecule has 1 saturated heterocycles. The van der Waals surface area contributed by atoms with E-state index < -0.39 is 73.9 Å². The van der Waals surface area contributed by atoms with Gasteiger partial charge in [0.15, 0.2) is 6.29 Å². The van der Waals surface area contributed by atoms with Crippen LogP contribution in [-0.4, -0.2) is 105 Å². The lowest BCUT2D eigenvalue weighted by atomic mass is 9.98. The number of carbonyl (C=O) groups is 1. The minimum atomic E-state index is -1.64. The molecule has 0 unspecified atom stereocenters. The summed E-state index contributed by atoms with van der Waals surface area (Å²) in [6, 6.07) is -1.13. The first-order valence-corrected chi connectivity index (χ1v) is 15.2. The molecule has 0 aliphatic carbocycles. The van der Waals surface area contributed by atoms with Crippen molar-refractivity contribution in [1.29, 1.82) is 0 Å². The maximum atomic E-state index is 12.4. The van der Waals surface area contributed by atoms with Crippen molar-refractivity contribution in [3.63, 3.8) is 0 Å². The summed E-state index contributed by atoms with van der Waals surface area (Å²) in [6.07, 6.45) is 3.64. The topological polar surface area (TPSA) is 178 Å². The Bertz CT molecular complexity index is 659. The summed E-state index contributed by atoms with van der Waals surface area (Å²) >= 11 is 0. The molecular weight excluding hydrogens is 522 g/mol. The highest BCUT2D eigenvalue weighted by atomic mass is 16.7. The van der Waals surface area contributed by atoms with Crippen LogP contribution in [0, 0.1) is 0 Å². The van der Waals surface area contributed by atoms with Gasteiger partial charge in [-0.05, 0) is 27.2 Å². The lowest BCUT2D eigenvalue weighted by molar-refractivity contribution is -0.303. The molecule has 40 heavy (non-hydrogen) atoms. The maximum Gasteiger partial charge on any atom is 0.408 e. The second-order valence-corrected chi connectivity index (χ2v) is 12.0. The molecule has 1 heterocycles. The van der Waals surface area contributed by atoms with Crippen molar-refractivity contribution < 1.29 is 49.6 Å². The van der Waals surface area contributed by atoms with Gasteiger partial charge in [0.25, 0.3) is 0 Å². The van der Waals surface area contributed by atoms with Crippen molar-refractivity contribution in [2.24, 2.45) is 0 Å². The molecule has 238 valence electrons. The summed E-state index contributed by atoms with van der Waals surface area (Å²) in [7, 11) is 0. The van der Waals surface area contributed by atoms with E-state index in [1.807, 2.05) is 0 Å². The average molecular weight is 580 g/mol. The van der Waals surface area contributed by atoms with Crippen LogP contribution in [-0.2, 0) is 14.2 Å². The van der Waals surface area contributed by atoms with Crippen LogP contribution in [0.4, 0.5) is 4.79 Å². The highest BCUT2D eigenvalue weighted by Crippen LogP contribution is 2.23. The second kappa shape index (κ2) is 20.0. The van der Waals surface area contributed by atoms with Gasteiger partial charge >= 0.3 is 6.09 Å². The van der Waals surface area contributed by atoms with E-state index in [0.717, 1.165) is 19.3 Å². The Kier molecular flexibility index (Phi) is 18.5. The number of ether oxygens (including phenoxy) is 3. The van der Waals surface area contributed by atoms with Gasteiger partial charge in [0.1, 0.15) is 36.1 Å². The van der Waals surface area contributed by atoms with E-state index >= 15 is 0 Å². The molecule has 0 radical (unpaired) electrons. The average Bonchev–Trinajstić information content (AvgIpc) is 2.89. The fraction of sp³-hybridized carbons (Fsp3) is 0.966. The molecule has 0 aromatic rings. The van der Waals surface area contributed by atoms with Gasteiger partial charge in [-0.1, -0.05) is 84.0 Å². The fourth-order valence-corrected chi connectivity index (χ4v) is 4.72. The lowest BCUT2D eigenvalue weighted by Crippen LogP contribution is -2.60. The minimum absolute atomic E-state index is 0.325. The zero-order valence-electron chi connectivity index (χ0n) is 25.0. The molecule has 1 aliphatic rings. The molecule has 1 amide bonds. The third-order valence-corrected chi connectivity index (χ3v) is 7.15. The first kappa shape index (κ1) is 37.0. The van der Waals surface area contributed by atoms with Gasteiger partial charge in [-0.2, -0.15) is 0 Å². The number of aliphatic hydroxyl groups excluding tert-OH is 6. The predicted molar refractivity (Wildman–Crippen MR) is 151 cm³/mol. The van der Waals surface area contributed by atoms with Crippen molar-refractivity contribution >= 4 is 6.09 Å². The molecule has 7 N–H and O–H groups in total. The van der Waals surface area contributed by atoms with Crippen LogP contribution in [0.2, 0.25) is 0 Å². The largest absolute Gasteiger partial charge is 0.444 e. The highest BCUT2D eigenvalue weighted by molar-refractivity contribution is 5.68. The van der Waals surface area contributed by atoms with Crippen molar-refractivity contribution in [3.8, 4) is 0 Å². The third kappa shape index (κ3) is 14.7. The number of carbonyl (C=O) groups excluding carboxylic acids is 1. The zero-order chi connectivity index (χ0) is 30.1. The standard InChI is InChI=1S/C29H57NO10/c1-5-6-7-8-9-10-11-12-13-14-15-16-17-21(32)23(33)20(30-28(37)40-29(2,3)4)19-38-27-26(36)25(35)24(34)22(18-31)39-27/h20-27,31-36H,5-19H2,1-4H3,(H,30,37)/t20-,21+,22+,23-,24-,25-,26+,27-/m0/s1. The first-order valence-electron chi connectivity index (χ1n) is 15.2. The van der Waals surface area contributed by atoms with E-state index in [1.165, 1.54) is 51.4 Å². The number of unbranched alkanes of at least 4 members (excludes halogenated alkanes) is 11. The van der Waals surface area contributed by atoms with Gasteiger partial charge in [0, 0.05) is 0 Å². The molecule has 0 aromatic heterocycles.